The molecule has 2 aromatic rings. The molecule has 1 unspecified atom stereocenters. The van der Waals surface area contributed by atoms with Gasteiger partial charge in [-0.1, -0.05) is 12.1 Å². The van der Waals surface area contributed by atoms with E-state index in [2.05, 4.69) is 5.10 Å². The summed E-state index contributed by atoms with van der Waals surface area (Å²) in [5.41, 5.74) is 2.03. The number of aromatic nitrogens is 2. The number of rotatable bonds is 5. The maximum Gasteiger partial charge on any atom is 0.119 e. The van der Waals surface area contributed by atoms with Gasteiger partial charge in [-0.2, -0.15) is 5.10 Å². The number of hydrogen-bond donors (Lipinski definition) is 1. The molecule has 1 N–H and O–H groups in total. The van der Waals surface area contributed by atoms with Crippen molar-refractivity contribution in [1.82, 2.24) is 9.78 Å². The van der Waals surface area contributed by atoms with Crippen LogP contribution in [-0.2, 0) is 13.5 Å². The highest BCUT2D eigenvalue weighted by molar-refractivity contribution is 5.29. The summed E-state index contributed by atoms with van der Waals surface area (Å²) in [6, 6.07) is 7.54. The molecular formula is C14H18N2O2. The van der Waals surface area contributed by atoms with Gasteiger partial charge in [0, 0.05) is 19.7 Å². The standard InChI is InChI=1S/C14H18N2O2/c1-11(17)13-4-3-5-14(8-13)18-7-6-12-9-15-16(2)10-12/h3-5,8-11,17H,6-7H2,1-2H3. The molecule has 0 fully saturated rings. The summed E-state index contributed by atoms with van der Waals surface area (Å²) in [4.78, 5) is 0. The molecule has 0 amide bonds. The van der Waals surface area contributed by atoms with Crippen molar-refractivity contribution in [2.75, 3.05) is 6.61 Å². The van der Waals surface area contributed by atoms with E-state index in [4.69, 9.17) is 4.74 Å². The molecule has 2 rings (SSSR count). The summed E-state index contributed by atoms with van der Waals surface area (Å²) in [5, 5.41) is 13.6. The van der Waals surface area contributed by atoms with Gasteiger partial charge in [0.25, 0.3) is 0 Å². The van der Waals surface area contributed by atoms with Crippen LogP contribution in [0.1, 0.15) is 24.2 Å². The van der Waals surface area contributed by atoms with Gasteiger partial charge in [0.2, 0.25) is 0 Å². The van der Waals surface area contributed by atoms with Crippen molar-refractivity contribution in [3.8, 4) is 5.75 Å². The first-order valence-corrected chi connectivity index (χ1v) is 6.03. The minimum absolute atomic E-state index is 0.466. The number of aliphatic hydroxyl groups excluding tert-OH is 1. The Morgan fingerprint density at radius 1 is 1.44 bits per heavy atom. The molecule has 0 aliphatic rings. The fraction of sp³-hybridized carbons (Fsp3) is 0.357. The number of benzene rings is 1. The van der Waals surface area contributed by atoms with E-state index in [1.807, 2.05) is 43.7 Å². The van der Waals surface area contributed by atoms with Gasteiger partial charge in [-0.25, -0.2) is 0 Å². The van der Waals surface area contributed by atoms with E-state index in [1.165, 1.54) is 0 Å². The third kappa shape index (κ3) is 3.34. The summed E-state index contributed by atoms with van der Waals surface area (Å²) in [6.07, 6.45) is 4.18. The van der Waals surface area contributed by atoms with Gasteiger partial charge in [0.15, 0.2) is 0 Å². The number of aryl methyl sites for hydroxylation is 1. The summed E-state index contributed by atoms with van der Waals surface area (Å²) >= 11 is 0. The molecule has 0 aliphatic carbocycles. The smallest absolute Gasteiger partial charge is 0.119 e. The van der Waals surface area contributed by atoms with Crippen LogP contribution in [0.4, 0.5) is 0 Å². The molecule has 1 heterocycles. The quantitative estimate of drug-likeness (QED) is 0.878. The van der Waals surface area contributed by atoms with Crippen LogP contribution in [0.3, 0.4) is 0 Å². The zero-order chi connectivity index (χ0) is 13.0. The zero-order valence-corrected chi connectivity index (χ0v) is 10.7. The number of ether oxygens (including phenoxy) is 1. The largest absolute Gasteiger partial charge is 0.493 e. The first-order chi connectivity index (χ1) is 8.65. The Balaban J connectivity index is 1.88. The highest BCUT2D eigenvalue weighted by Crippen LogP contribution is 2.18. The fourth-order valence-electron chi connectivity index (χ4n) is 1.75. The topological polar surface area (TPSA) is 47.3 Å². The predicted octanol–water partition coefficient (Wildman–Crippen LogP) is 2.09. The molecule has 4 heteroatoms. The van der Waals surface area contributed by atoms with Gasteiger partial charge in [-0.15, -0.1) is 0 Å². The van der Waals surface area contributed by atoms with Crippen LogP contribution < -0.4 is 4.74 Å². The number of aliphatic hydroxyl groups is 1. The predicted molar refractivity (Wildman–Crippen MR) is 69.5 cm³/mol. The van der Waals surface area contributed by atoms with E-state index in [-0.39, 0.29) is 0 Å². The van der Waals surface area contributed by atoms with Crippen molar-refractivity contribution in [1.29, 1.82) is 0 Å². The molecule has 1 aromatic heterocycles. The molecular weight excluding hydrogens is 228 g/mol. The Morgan fingerprint density at radius 3 is 2.94 bits per heavy atom. The lowest BCUT2D eigenvalue weighted by atomic mass is 10.1. The van der Waals surface area contributed by atoms with Gasteiger partial charge in [0.05, 0.1) is 18.9 Å². The molecule has 0 aliphatic heterocycles. The number of hydrogen-bond acceptors (Lipinski definition) is 3. The van der Waals surface area contributed by atoms with Crippen molar-refractivity contribution in [2.24, 2.45) is 7.05 Å². The lowest BCUT2D eigenvalue weighted by Crippen LogP contribution is -2.01. The Bertz CT molecular complexity index is 506. The minimum atomic E-state index is -0.466. The Kier molecular flexibility index (Phi) is 3.99. The van der Waals surface area contributed by atoms with Crippen LogP contribution in [-0.4, -0.2) is 21.5 Å². The third-order valence-corrected chi connectivity index (χ3v) is 2.76. The summed E-state index contributed by atoms with van der Waals surface area (Å²) in [6.45, 7) is 2.35. The lowest BCUT2D eigenvalue weighted by Gasteiger charge is -2.09. The second-order valence-electron chi connectivity index (χ2n) is 4.37. The van der Waals surface area contributed by atoms with Crippen LogP contribution in [0.5, 0.6) is 5.75 Å². The Hall–Kier alpha value is -1.81. The van der Waals surface area contributed by atoms with E-state index in [9.17, 15) is 5.11 Å². The van der Waals surface area contributed by atoms with Crippen LogP contribution >= 0.6 is 0 Å². The number of nitrogens with zero attached hydrogens (tertiary/aromatic N) is 2. The molecule has 1 atom stereocenters. The molecule has 0 saturated heterocycles. The van der Waals surface area contributed by atoms with Gasteiger partial charge in [-0.3, -0.25) is 4.68 Å². The molecule has 0 bridgehead atoms. The Morgan fingerprint density at radius 2 is 2.28 bits per heavy atom. The maximum absolute atomic E-state index is 9.49. The SMILES string of the molecule is CC(O)c1cccc(OCCc2cnn(C)c2)c1. The van der Waals surface area contributed by atoms with E-state index >= 15 is 0 Å². The second kappa shape index (κ2) is 5.69. The highest BCUT2D eigenvalue weighted by atomic mass is 16.5. The van der Waals surface area contributed by atoms with Crippen LogP contribution in [0, 0.1) is 0 Å². The van der Waals surface area contributed by atoms with Gasteiger partial charge in [0.1, 0.15) is 5.75 Å². The van der Waals surface area contributed by atoms with Crippen molar-refractivity contribution in [3.63, 3.8) is 0 Å². The van der Waals surface area contributed by atoms with Gasteiger partial charge >= 0.3 is 0 Å². The van der Waals surface area contributed by atoms with Crippen molar-refractivity contribution in [2.45, 2.75) is 19.4 Å². The van der Waals surface area contributed by atoms with E-state index in [0.29, 0.717) is 6.61 Å². The van der Waals surface area contributed by atoms with Crippen LogP contribution in [0.25, 0.3) is 0 Å². The molecule has 1 aromatic carbocycles. The molecule has 18 heavy (non-hydrogen) atoms. The Labute approximate surface area is 107 Å². The first kappa shape index (κ1) is 12.6. The van der Waals surface area contributed by atoms with E-state index in [0.717, 1.165) is 23.3 Å². The first-order valence-electron chi connectivity index (χ1n) is 6.03. The highest BCUT2D eigenvalue weighted by Gasteiger charge is 2.02. The average molecular weight is 246 g/mol. The second-order valence-corrected chi connectivity index (χ2v) is 4.37. The average Bonchev–Trinajstić information content (AvgIpc) is 2.75. The lowest BCUT2D eigenvalue weighted by molar-refractivity contribution is 0.198. The monoisotopic (exact) mass is 246 g/mol. The fourth-order valence-corrected chi connectivity index (χ4v) is 1.75. The van der Waals surface area contributed by atoms with Gasteiger partial charge in [-0.05, 0) is 30.2 Å². The molecule has 0 radical (unpaired) electrons. The van der Waals surface area contributed by atoms with Gasteiger partial charge < -0.3 is 9.84 Å². The molecule has 0 spiro atoms. The van der Waals surface area contributed by atoms with Crippen molar-refractivity contribution < 1.29 is 9.84 Å². The van der Waals surface area contributed by atoms with Crippen LogP contribution in [0.2, 0.25) is 0 Å². The summed E-state index contributed by atoms with van der Waals surface area (Å²) < 4.78 is 7.44. The normalized spacial score (nSPS) is 12.4. The molecule has 96 valence electrons. The van der Waals surface area contributed by atoms with E-state index < -0.39 is 6.10 Å². The third-order valence-electron chi connectivity index (χ3n) is 2.76. The molecule has 4 nitrogen and oxygen atoms in total. The van der Waals surface area contributed by atoms with Crippen molar-refractivity contribution in [3.05, 3.63) is 47.8 Å². The van der Waals surface area contributed by atoms with Crippen molar-refractivity contribution >= 4 is 0 Å². The minimum Gasteiger partial charge on any atom is -0.493 e. The van der Waals surface area contributed by atoms with E-state index in [1.54, 1.807) is 11.6 Å². The molecule has 0 saturated carbocycles. The zero-order valence-electron chi connectivity index (χ0n) is 10.7. The summed E-state index contributed by atoms with van der Waals surface area (Å²) in [7, 11) is 1.90. The summed E-state index contributed by atoms with van der Waals surface area (Å²) in [5.74, 6) is 0.789. The van der Waals surface area contributed by atoms with Crippen LogP contribution in [0.15, 0.2) is 36.7 Å². The maximum atomic E-state index is 9.49.